The first-order valence-electron chi connectivity index (χ1n) is 5.22. The highest BCUT2D eigenvalue weighted by molar-refractivity contribution is 9.10. The molecule has 15 heavy (non-hydrogen) atoms. The molecule has 1 N–H and O–H groups in total. The number of rotatable bonds is 2. The fourth-order valence-electron chi connectivity index (χ4n) is 2.08. The molecule has 0 aromatic heterocycles. The Morgan fingerprint density at radius 1 is 1.60 bits per heavy atom. The number of halogens is 2. The Hall–Kier alpha value is -0.410. The van der Waals surface area contributed by atoms with Crippen molar-refractivity contribution in [1.82, 2.24) is 5.32 Å². The maximum Gasteiger partial charge on any atom is 0.124 e. The molecule has 2 rings (SSSR count). The van der Waals surface area contributed by atoms with Gasteiger partial charge in [-0.25, -0.2) is 4.39 Å². The Balaban J connectivity index is 2.09. The molecule has 1 aliphatic heterocycles. The second-order valence-corrected chi connectivity index (χ2v) is 5.36. The first-order valence-corrected chi connectivity index (χ1v) is 6.01. The van der Waals surface area contributed by atoms with Crippen molar-refractivity contribution in [2.24, 2.45) is 5.92 Å². The minimum Gasteiger partial charge on any atom is -0.313 e. The Bertz CT molecular complexity index is 351. The third kappa shape index (κ3) is 2.58. The van der Waals surface area contributed by atoms with Crippen molar-refractivity contribution in [3.8, 4) is 0 Å². The van der Waals surface area contributed by atoms with Crippen LogP contribution >= 0.6 is 15.9 Å². The van der Waals surface area contributed by atoms with Crippen LogP contribution in [0, 0.1) is 5.92 Å². The number of benzene rings is 1. The van der Waals surface area contributed by atoms with Crippen molar-refractivity contribution in [1.29, 1.82) is 0 Å². The van der Waals surface area contributed by atoms with Gasteiger partial charge in [-0.05, 0) is 31.0 Å². The van der Waals surface area contributed by atoms with E-state index in [1.54, 1.807) is 6.92 Å². The number of alkyl halides is 1. The molecule has 2 unspecified atom stereocenters. The van der Waals surface area contributed by atoms with E-state index in [1.165, 1.54) is 5.56 Å². The highest BCUT2D eigenvalue weighted by atomic mass is 79.9. The zero-order valence-corrected chi connectivity index (χ0v) is 10.3. The zero-order chi connectivity index (χ0) is 10.9. The van der Waals surface area contributed by atoms with Crippen LogP contribution in [0.1, 0.15) is 12.5 Å². The lowest BCUT2D eigenvalue weighted by Gasteiger charge is -2.21. The maximum atomic E-state index is 14.0. The van der Waals surface area contributed by atoms with Crippen LogP contribution in [0.5, 0.6) is 0 Å². The smallest absolute Gasteiger partial charge is 0.124 e. The monoisotopic (exact) mass is 271 g/mol. The third-order valence-electron chi connectivity index (χ3n) is 3.08. The average molecular weight is 272 g/mol. The van der Waals surface area contributed by atoms with Crippen molar-refractivity contribution in [3.63, 3.8) is 0 Å². The summed E-state index contributed by atoms with van der Waals surface area (Å²) in [4.78, 5) is 0. The van der Waals surface area contributed by atoms with Crippen molar-refractivity contribution >= 4 is 15.9 Å². The fourth-order valence-corrected chi connectivity index (χ4v) is 2.53. The van der Waals surface area contributed by atoms with Crippen LogP contribution in [0.4, 0.5) is 4.39 Å². The predicted octanol–water partition coefficient (Wildman–Crippen LogP) is 2.94. The summed E-state index contributed by atoms with van der Waals surface area (Å²) >= 11 is 3.43. The highest BCUT2D eigenvalue weighted by Crippen LogP contribution is 2.29. The molecule has 0 bridgehead atoms. The predicted molar refractivity (Wildman–Crippen MR) is 63.7 cm³/mol. The molecule has 0 spiro atoms. The molecular formula is C12H15BrFN. The van der Waals surface area contributed by atoms with Gasteiger partial charge >= 0.3 is 0 Å². The van der Waals surface area contributed by atoms with Crippen LogP contribution in [0.15, 0.2) is 28.7 Å². The summed E-state index contributed by atoms with van der Waals surface area (Å²) in [6, 6.07) is 8.11. The van der Waals surface area contributed by atoms with Gasteiger partial charge < -0.3 is 5.32 Å². The standard InChI is InChI=1S/C12H15BrFN/c1-12(14)8-15-7-10(12)5-9-3-2-4-11(13)6-9/h2-4,6,10,15H,5,7-8H2,1H3. The van der Waals surface area contributed by atoms with Gasteiger partial charge in [-0.15, -0.1) is 0 Å². The second-order valence-electron chi connectivity index (χ2n) is 4.44. The van der Waals surface area contributed by atoms with Crippen LogP contribution in [-0.2, 0) is 6.42 Å². The van der Waals surface area contributed by atoms with Gasteiger partial charge in [0.2, 0.25) is 0 Å². The van der Waals surface area contributed by atoms with Crippen molar-refractivity contribution < 1.29 is 4.39 Å². The third-order valence-corrected chi connectivity index (χ3v) is 3.58. The van der Waals surface area contributed by atoms with E-state index in [0.717, 1.165) is 17.4 Å². The lowest BCUT2D eigenvalue weighted by molar-refractivity contribution is 0.152. The summed E-state index contributed by atoms with van der Waals surface area (Å²) in [5.41, 5.74) is 0.129. The number of hydrogen-bond donors (Lipinski definition) is 1. The quantitative estimate of drug-likeness (QED) is 0.872. The van der Waals surface area contributed by atoms with E-state index in [9.17, 15) is 4.39 Å². The van der Waals surface area contributed by atoms with E-state index >= 15 is 0 Å². The molecule has 0 saturated carbocycles. The summed E-state index contributed by atoms with van der Waals surface area (Å²) < 4.78 is 15.0. The van der Waals surface area contributed by atoms with Crippen molar-refractivity contribution in [2.75, 3.05) is 13.1 Å². The van der Waals surface area contributed by atoms with Gasteiger partial charge in [0, 0.05) is 23.5 Å². The number of hydrogen-bond acceptors (Lipinski definition) is 1. The molecule has 0 amide bonds. The topological polar surface area (TPSA) is 12.0 Å². The Morgan fingerprint density at radius 3 is 3.00 bits per heavy atom. The lowest BCUT2D eigenvalue weighted by Crippen LogP contribution is -2.29. The number of nitrogens with one attached hydrogen (secondary N) is 1. The average Bonchev–Trinajstić information content (AvgIpc) is 2.46. The SMILES string of the molecule is CC1(F)CNCC1Cc1cccc(Br)c1. The minimum atomic E-state index is -1.07. The van der Waals surface area contributed by atoms with Crippen LogP contribution in [0.25, 0.3) is 0 Å². The summed E-state index contributed by atoms with van der Waals surface area (Å²) in [5.74, 6) is 0.0896. The van der Waals surface area contributed by atoms with E-state index in [-0.39, 0.29) is 5.92 Å². The molecule has 2 atom stereocenters. The molecule has 0 radical (unpaired) electrons. The minimum absolute atomic E-state index is 0.0896. The van der Waals surface area contributed by atoms with E-state index in [4.69, 9.17) is 0 Å². The molecule has 1 aromatic rings. The van der Waals surface area contributed by atoms with Gasteiger partial charge in [0.05, 0.1) is 0 Å². The Morgan fingerprint density at radius 2 is 2.40 bits per heavy atom. The van der Waals surface area contributed by atoms with Crippen molar-refractivity contribution in [3.05, 3.63) is 34.3 Å². The summed E-state index contributed by atoms with van der Waals surface area (Å²) in [5, 5.41) is 3.11. The molecule has 3 heteroatoms. The van der Waals surface area contributed by atoms with Gasteiger partial charge in [0.25, 0.3) is 0 Å². The van der Waals surface area contributed by atoms with E-state index in [0.29, 0.717) is 6.54 Å². The molecule has 1 aliphatic rings. The molecule has 1 saturated heterocycles. The largest absolute Gasteiger partial charge is 0.313 e. The molecule has 1 aromatic carbocycles. The van der Waals surface area contributed by atoms with Gasteiger partial charge in [0.1, 0.15) is 5.67 Å². The summed E-state index contributed by atoms with van der Waals surface area (Å²) in [7, 11) is 0. The first-order chi connectivity index (χ1) is 7.08. The van der Waals surface area contributed by atoms with Crippen LogP contribution in [0.2, 0.25) is 0 Å². The van der Waals surface area contributed by atoms with E-state index in [2.05, 4.69) is 33.4 Å². The van der Waals surface area contributed by atoms with Crippen LogP contribution < -0.4 is 5.32 Å². The fraction of sp³-hybridized carbons (Fsp3) is 0.500. The second kappa shape index (κ2) is 4.22. The summed E-state index contributed by atoms with van der Waals surface area (Å²) in [6.07, 6.45) is 0.805. The molecule has 1 fully saturated rings. The maximum absolute atomic E-state index is 14.0. The lowest BCUT2D eigenvalue weighted by atomic mass is 9.89. The summed E-state index contributed by atoms with van der Waals surface area (Å²) in [6.45, 7) is 2.95. The Labute approximate surface area is 98.2 Å². The van der Waals surface area contributed by atoms with Gasteiger partial charge in [-0.1, -0.05) is 28.1 Å². The van der Waals surface area contributed by atoms with Gasteiger partial charge in [0.15, 0.2) is 0 Å². The van der Waals surface area contributed by atoms with Crippen LogP contribution in [0.3, 0.4) is 0 Å². The van der Waals surface area contributed by atoms with E-state index in [1.807, 2.05) is 12.1 Å². The Kier molecular flexibility index (Phi) is 3.12. The molecule has 1 heterocycles. The molecule has 82 valence electrons. The normalized spacial score (nSPS) is 30.7. The van der Waals surface area contributed by atoms with Gasteiger partial charge in [-0.2, -0.15) is 0 Å². The zero-order valence-electron chi connectivity index (χ0n) is 8.76. The molecule has 0 aliphatic carbocycles. The van der Waals surface area contributed by atoms with E-state index < -0.39 is 5.67 Å². The van der Waals surface area contributed by atoms with Gasteiger partial charge in [-0.3, -0.25) is 0 Å². The first kappa shape index (κ1) is 11.1. The van der Waals surface area contributed by atoms with Crippen molar-refractivity contribution in [2.45, 2.75) is 19.0 Å². The molecule has 1 nitrogen and oxygen atoms in total. The highest BCUT2D eigenvalue weighted by Gasteiger charge is 2.38. The van der Waals surface area contributed by atoms with Crippen LogP contribution in [-0.4, -0.2) is 18.8 Å². The molecular weight excluding hydrogens is 257 g/mol.